The number of pyridine rings is 3. The third-order valence-electron chi connectivity index (χ3n) is 7.02. The number of fused-ring (bicyclic) bond motifs is 2. The Labute approximate surface area is 215 Å². The molecule has 1 fully saturated rings. The van der Waals surface area contributed by atoms with Crippen molar-refractivity contribution in [1.29, 1.82) is 0 Å². The molecule has 0 radical (unpaired) electrons. The Bertz CT molecular complexity index is 1820. The van der Waals surface area contributed by atoms with Gasteiger partial charge in [0.15, 0.2) is 11.5 Å². The Hall–Kier alpha value is -4.99. The number of nitrogens with one attached hydrogen (secondary N) is 3. The zero-order chi connectivity index (χ0) is 25.6. The van der Waals surface area contributed by atoms with E-state index >= 15 is 4.39 Å². The molecule has 1 amide bonds. The predicted molar refractivity (Wildman–Crippen MR) is 141 cm³/mol. The zero-order valence-corrected chi connectivity index (χ0v) is 20.1. The van der Waals surface area contributed by atoms with Gasteiger partial charge in [0, 0.05) is 41.2 Å². The predicted octanol–water partition coefficient (Wildman–Crippen LogP) is 5.50. The number of carbonyl (C=O) groups excluding carboxylic acids is 1. The number of rotatable bonds is 5. The van der Waals surface area contributed by atoms with Crippen molar-refractivity contribution in [3.63, 3.8) is 0 Å². The summed E-state index contributed by atoms with van der Waals surface area (Å²) < 4.78 is 16.1. The molecule has 186 valence electrons. The summed E-state index contributed by atoms with van der Waals surface area (Å²) in [7, 11) is 0. The molecule has 1 saturated carbocycles. The van der Waals surface area contributed by atoms with Crippen molar-refractivity contribution in [2.24, 2.45) is 5.92 Å². The molecule has 7 rings (SSSR count). The van der Waals surface area contributed by atoms with Gasteiger partial charge in [-0.05, 0) is 49.2 Å². The molecule has 0 atom stereocenters. The minimum atomic E-state index is -0.464. The number of anilines is 1. The van der Waals surface area contributed by atoms with Gasteiger partial charge in [0.1, 0.15) is 11.5 Å². The van der Waals surface area contributed by atoms with E-state index < -0.39 is 5.82 Å². The van der Waals surface area contributed by atoms with E-state index in [1.807, 2.05) is 24.3 Å². The van der Waals surface area contributed by atoms with E-state index in [9.17, 15) is 4.79 Å². The van der Waals surface area contributed by atoms with Gasteiger partial charge in [-0.25, -0.2) is 14.4 Å². The molecule has 38 heavy (non-hydrogen) atoms. The van der Waals surface area contributed by atoms with Crippen LogP contribution < -0.4 is 5.32 Å². The van der Waals surface area contributed by atoms with Crippen LogP contribution in [0.15, 0.2) is 67.3 Å². The lowest BCUT2D eigenvalue weighted by atomic mass is 9.85. The van der Waals surface area contributed by atoms with E-state index in [1.165, 1.54) is 0 Å². The number of carbonyl (C=O) groups is 1. The van der Waals surface area contributed by atoms with Crippen LogP contribution >= 0.6 is 0 Å². The normalized spacial score (nSPS) is 13.6. The van der Waals surface area contributed by atoms with Crippen molar-refractivity contribution in [3.05, 3.63) is 73.1 Å². The van der Waals surface area contributed by atoms with E-state index in [-0.39, 0.29) is 11.8 Å². The number of nitrogens with zero attached hydrogens (tertiary/aromatic N) is 5. The van der Waals surface area contributed by atoms with Crippen molar-refractivity contribution in [3.8, 4) is 33.9 Å². The molecular formula is C28H21FN8O. The second-order valence-electron chi connectivity index (χ2n) is 9.36. The van der Waals surface area contributed by atoms with Gasteiger partial charge < -0.3 is 10.3 Å². The molecule has 0 bridgehead atoms. The van der Waals surface area contributed by atoms with Crippen LogP contribution in [0.1, 0.15) is 19.3 Å². The molecule has 0 saturated heterocycles. The topological polar surface area (TPSA) is 125 Å². The second kappa shape index (κ2) is 8.84. The minimum Gasteiger partial charge on any atom is -0.335 e. The number of aromatic nitrogens is 7. The molecule has 1 aliphatic rings. The molecule has 0 aliphatic heterocycles. The Morgan fingerprint density at radius 2 is 1.95 bits per heavy atom. The van der Waals surface area contributed by atoms with Crippen molar-refractivity contribution < 1.29 is 9.18 Å². The Morgan fingerprint density at radius 1 is 1.03 bits per heavy atom. The highest BCUT2D eigenvalue weighted by atomic mass is 19.1. The monoisotopic (exact) mass is 504 g/mol. The first kappa shape index (κ1) is 22.2. The van der Waals surface area contributed by atoms with Crippen molar-refractivity contribution >= 4 is 33.7 Å². The first-order valence-electron chi connectivity index (χ1n) is 12.3. The molecule has 3 N–H and O–H groups in total. The van der Waals surface area contributed by atoms with Crippen LogP contribution in [0.2, 0.25) is 0 Å². The lowest BCUT2D eigenvalue weighted by molar-refractivity contribution is -0.122. The summed E-state index contributed by atoms with van der Waals surface area (Å²) in [5, 5.41) is 10.5. The number of aromatic amines is 2. The molecule has 1 aliphatic carbocycles. The maximum Gasteiger partial charge on any atom is 0.227 e. The van der Waals surface area contributed by atoms with Gasteiger partial charge in [0.2, 0.25) is 5.91 Å². The summed E-state index contributed by atoms with van der Waals surface area (Å²) in [5.74, 6) is -0.0600. The highest BCUT2D eigenvalue weighted by Gasteiger charge is 2.25. The average molecular weight is 505 g/mol. The van der Waals surface area contributed by atoms with Crippen LogP contribution in [-0.2, 0) is 4.79 Å². The van der Waals surface area contributed by atoms with Crippen LogP contribution in [0.5, 0.6) is 0 Å². The van der Waals surface area contributed by atoms with Crippen molar-refractivity contribution in [2.75, 3.05) is 5.32 Å². The number of hydrogen-bond donors (Lipinski definition) is 3. The number of benzene rings is 1. The van der Waals surface area contributed by atoms with Crippen LogP contribution in [-0.4, -0.2) is 41.0 Å². The van der Waals surface area contributed by atoms with Gasteiger partial charge in [0.25, 0.3) is 0 Å². The zero-order valence-electron chi connectivity index (χ0n) is 20.1. The Morgan fingerprint density at radius 3 is 2.76 bits per heavy atom. The fourth-order valence-corrected chi connectivity index (χ4v) is 4.80. The van der Waals surface area contributed by atoms with E-state index in [0.29, 0.717) is 50.4 Å². The lowest BCUT2D eigenvalue weighted by Gasteiger charge is -2.24. The molecule has 6 aromatic rings. The van der Waals surface area contributed by atoms with E-state index in [1.54, 1.807) is 43.0 Å². The summed E-state index contributed by atoms with van der Waals surface area (Å²) >= 11 is 0. The summed E-state index contributed by atoms with van der Waals surface area (Å²) in [4.78, 5) is 33.3. The Kier molecular flexibility index (Phi) is 5.17. The first-order chi connectivity index (χ1) is 18.7. The number of imidazole rings is 1. The molecule has 10 heteroatoms. The van der Waals surface area contributed by atoms with Gasteiger partial charge in [-0.2, -0.15) is 5.10 Å². The molecule has 0 spiro atoms. The quantitative estimate of drug-likeness (QED) is 0.285. The lowest BCUT2D eigenvalue weighted by Crippen LogP contribution is -2.28. The summed E-state index contributed by atoms with van der Waals surface area (Å²) in [5.41, 5.74) is 5.07. The summed E-state index contributed by atoms with van der Waals surface area (Å²) in [6.45, 7) is 0. The molecule has 9 nitrogen and oxygen atoms in total. The van der Waals surface area contributed by atoms with Crippen LogP contribution in [0.3, 0.4) is 0 Å². The third-order valence-corrected chi connectivity index (χ3v) is 7.02. The third kappa shape index (κ3) is 3.69. The van der Waals surface area contributed by atoms with Gasteiger partial charge in [0.05, 0.1) is 34.0 Å². The number of halogens is 1. The maximum absolute atomic E-state index is 16.1. The van der Waals surface area contributed by atoms with Crippen LogP contribution in [0.4, 0.5) is 10.1 Å². The second-order valence-corrected chi connectivity index (χ2v) is 9.36. The number of H-pyrrole nitrogens is 2. The SMILES string of the molecule is O=C(Nc1cncc(-c2ccc3[nH]nc(-c4nc5nccc(-c6ccccn6)c5[nH]4)c3c2F)c1)C1CCC1. The highest BCUT2D eigenvalue weighted by Crippen LogP contribution is 2.35. The van der Waals surface area contributed by atoms with E-state index in [4.69, 9.17) is 0 Å². The highest BCUT2D eigenvalue weighted by molar-refractivity contribution is 5.98. The van der Waals surface area contributed by atoms with E-state index in [0.717, 1.165) is 30.5 Å². The Balaban J connectivity index is 1.30. The largest absolute Gasteiger partial charge is 0.335 e. The smallest absolute Gasteiger partial charge is 0.227 e. The summed E-state index contributed by atoms with van der Waals surface area (Å²) in [6, 6.07) is 12.7. The fourth-order valence-electron chi connectivity index (χ4n) is 4.80. The fraction of sp³-hybridized carbons (Fsp3) is 0.143. The maximum atomic E-state index is 16.1. The van der Waals surface area contributed by atoms with Crippen LogP contribution in [0.25, 0.3) is 56.0 Å². The first-order valence-corrected chi connectivity index (χ1v) is 12.3. The van der Waals surface area contributed by atoms with Crippen LogP contribution in [0, 0.1) is 11.7 Å². The standard InChI is InChI=1S/C28H21FN8O/c29-23-18(16-12-17(14-30-13-16)33-28(38)15-4-3-5-15)7-8-21-22(23)25(37-36-21)27-34-24-19(9-11-32-26(24)35-27)20-6-1-2-10-31-20/h1-2,6-15H,3-5H2,(H,33,38)(H,36,37)(H,32,34,35). The van der Waals surface area contributed by atoms with Crippen molar-refractivity contribution in [1.82, 2.24) is 35.1 Å². The van der Waals surface area contributed by atoms with Gasteiger partial charge >= 0.3 is 0 Å². The van der Waals surface area contributed by atoms with E-state index in [2.05, 4.69) is 40.4 Å². The van der Waals surface area contributed by atoms with Gasteiger partial charge in [-0.1, -0.05) is 12.5 Å². The minimum absolute atomic E-state index is 0.0215. The molecule has 1 aromatic carbocycles. The molecule has 5 heterocycles. The number of hydrogen-bond acceptors (Lipinski definition) is 6. The van der Waals surface area contributed by atoms with Gasteiger partial charge in [-0.15, -0.1) is 0 Å². The number of amides is 1. The molecule has 0 unspecified atom stereocenters. The summed E-state index contributed by atoms with van der Waals surface area (Å²) in [6.07, 6.45) is 9.40. The molecular weight excluding hydrogens is 483 g/mol. The average Bonchev–Trinajstić information content (AvgIpc) is 3.53. The van der Waals surface area contributed by atoms with Crippen molar-refractivity contribution in [2.45, 2.75) is 19.3 Å². The molecule has 5 aromatic heterocycles. The van der Waals surface area contributed by atoms with Gasteiger partial charge in [-0.3, -0.25) is 19.9 Å².